The summed E-state index contributed by atoms with van der Waals surface area (Å²) in [5.74, 6) is 2.74. The van der Waals surface area contributed by atoms with Crippen LogP contribution in [0, 0.1) is 18.2 Å². The van der Waals surface area contributed by atoms with Crippen molar-refractivity contribution in [3.05, 3.63) is 48.0 Å². The molecule has 0 aliphatic heterocycles. The first-order valence-electron chi connectivity index (χ1n) is 4.11. The van der Waals surface area contributed by atoms with E-state index in [1.54, 1.807) is 24.5 Å². The molecule has 0 fully saturated rings. The molecular weight excluding hydrogens is 179 g/mol. The van der Waals surface area contributed by atoms with Gasteiger partial charge >= 0.3 is 0 Å². The Labute approximate surface area is 81.2 Å². The van der Waals surface area contributed by atoms with E-state index in [0.29, 0.717) is 11.3 Å². The molecule has 0 unspecified atom stereocenters. The largest absolute Gasteiger partial charge is 0.464 e. The van der Waals surface area contributed by atoms with Gasteiger partial charge in [0.15, 0.2) is 0 Å². The third-order valence-corrected chi connectivity index (χ3v) is 1.92. The second-order valence-electron chi connectivity index (χ2n) is 2.81. The molecule has 0 aliphatic carbocycles. The maximum Gasteiger partial charge on any atom is 0.135 e. The van der Waals surface area contributed by atoms with Gasteiger partial charge in [-0.3, -0.25) is 0 Å². The Balaban J connectivity index is 2.60. The minimum atomic E-state index is -0.340. The van der Waals surface area contributed by atoms with E-state index in [9.17, 15) is 4.39 Å². The molecule has 68 valence electrons. The van der Waals surface area contributed by atoms with Crippen LogP contribution in [0.25, 0.3) is 11.3 Å². The molecule has 1 aromatic carbocycles. The van der Waals surface area contributed by atoms with Gasteiger partial charge in [0.2, 0.25) is 0 Å². The van der Waals surface area contributed by atoms with E-state index in [4.69, 9.17) is 10.8 Å². The molecule has 1 aromatic heterocycles. The Bertz CT molecular complexity index is 478. The number of furan rings is 1. The average Bonchev–Trinajstić information content (AvgIpc) is 2.70. The van der Waals surface area contributed by atoms with Gasteiger partial charge in [-0.25, -0.2) is 4.39 Å². The summed E-state index contributed by atoms with van der Waals surface area (Å²) in [5.41, 5.74) is 1.24. The first kappa shape index (κ1) is 8.58. The summed E-state index contributed by atoms with van der Waals surface area (Å²) in [4.78, 5) is 0. The molecule has 14 heavy (non-hydrogen) atoms. The maximum absolute atomic E-state index is 12.8. The van der Waals surface area contributed by atoms with Crippen molar-refractivity contribution < 1.29 is 8.81 Å². The highest BCUT2D eigenvalue weighted by Crippen LogP contribution is 2.24. The highest BCUT2D eigenvalue weighted by molar-refractivity contribution is 5.66. The van der Waals surface area contributed by atoms with E-state index in [1.165, 1.54) is 12.1 Å². The van der Waals surface area contributed by atoms with E-state index in [1.807, 2.05) is 0 Å². The van der Waals surface area contributed by atoms with Crippen LogP contribution in [0.2, 0.25) is 0 Å². The van der Waals surface area contributed by atoms with E-state index in [2.05, 4.69) is 5.92 Å². The van der Waals surface area contributed by atoms with Crippen molar-refractivity contribution in [3.63, 3.8) is 0 Å². The second kappa shape index (κ2) is 3.39. The molecular formula is C12H7FO. The summed E-state index contributed by atoms with van der Waals surface area (Å²) >= 11 is 0. The quantitative estimate of drug-likeness (QED) is 0.624. The lowest BCUT2D eigenvalue weighted by Gasteiger charge is -2.00. The normalized spacial score (nSPS) is 9.71. The summed E-state index contributed by atoms with van der Waals surface area (Å²) < 4.78 is 18.0. The van der Waals surface area contributed by atoms with Crippen molar-refractivity contribution in [3.8, 4) is 23.7 Å². The Morgan fingerprint density at radius 2 is 2.14 bits per heavy atom. The fourth-order valence-electron chi connectivity index (χ4n) is 1.28. The molecule has 0 aliphatic rings. The number of halogens is 1. The van der Waals surface area contributed by atoms with Gasteiger partial charge in [-0.1, -0.05) is 5.92 Å². The minimum absolute atomic E-state index is 0.340. The highest BCUT2D eigenvalue weighted by atomic mass is 19.1. The van der Waals surface area contributed by atoms with Gasteiger partial charge < -0.3 is 4.42 Å². The Kier molecular flexibility index (Phi) is 2.08. The summed E-state index contributed by atoms with van der Waals surface area (Å²) in [6.07, 6.45) is 6.82. The molecule has 1 nitrogen and oxygen atoms in total. The first-order chi connectivity index (χ1) is 6.81. The zero-order valence-corrected chi connectivity index (χ0v) is 7.33. The van der Waals surface area contributed by atoms with Crippen molar-refractivity contribution in [1.29, 1.82) is 0 Å². The van der Waals surface area contributed by atoms with Gasteiger partial charge in [0.05, 0.1) is 6.26 Å². The monoisotopic (exact) mass is 186 g/mol. The Hall–Kier alpha value is -2.01. The zero-order chi connectivity index (χ0) is 9.97. The molecule has 1 heterocycles. The van der Waals surface area contributed by atoms with Gasteiger partial charge in [0.25, 0.3) is 0 Å². The Morgan fingerprint density at radius 1 is 1.29 bits per heavy atom. The summed E-state index contributed by atoms with van der Waals surface area (Å²) in [7, 11) is 0. The van der Waals surface area contributed by atoms with Crippen molar-refractivity contribution in [1.82, 2.24) is 0 Å². The number of hydrogen-bond acceptors (Lipinski definition) is 1. The predicted octanol–water partition coefficient (Wildman–Crippen LogP) is 3.07. The second-order valence-corrected chi connectivity index (χ2v) is 2.81. The smallest absolute Gasteiger partial charge is 0.135 e. The van der Waals surface area contributed by atoms with Crippen LogP contribution in [0.5, 0.6) is 0 Å². The molecule has 0 radical (unpaired) electrons. The maximum atomic E-state index is 12.8. The van der Waals surface area contributed by atoms with Crippen molar-refractivity contribution in [2.24, 2.45) is 0 Å². The molecule has 0 amide bonds. The van der Waals surface area contributed by atoms with E-state index in [0.717, 1.165) is 5.56 Å². The van der Waals surface area contributed by atoms with Crippen LogP contribution in [0.1, 0.15) is 5.56 Å². The highest BCUT2D eigenvalue weighted by Gasteiger charge is 2.06. The Morgan fingerprint density at radius 3 is 2.79 bits per heavy atom. The predicted molar refractivity (Wildman–Crippen MR) is 52.0 cm³/mol. The van der Waals surface area contributed by atoms with Gasteiger partial charge in [-0.15, -0.1) is 6.42 Å². The van der Waals surface area contributed by atoms with Crippen LogP contribution >= 0.6 is 0 Å². The van der Waals surface area contributed by atoms with Gasteiger partial charge in [-0.05, 0) is 30.3 Å². The fraction of sp³-hybridized carbons (Fsp3) is 0. The molecule has 2 rings (SSSR count). The van der Waals surface area contributed by atoms with Crippen LogP contribution < -0.4 is 0 Å². The summed E-state index contributed by atoms with van der Waals surface area (Å²) in [6.45, 7) is 0. The lowest BCUT2D eigenvalue weighted by atomic mass is 10.1. The lowest BCUT2D eigenvalue weighted by molar-refractivity contribution is 0.581. The molecule has 2 heteroatoms. The van der Waals surface area contributed by atoms with E-state index < -0.39 is 0 Å². The van der Waals surface area contributed by atoms with E-state index >= 15 is 0 Å². The molecule has 0 spiro atoms. The number of terminal acetylenes is 1. The average molecular weight is 186 g/mol. The van der Waals surface area contributed by atoms with Crippen molar-refractivity contribution >= 4 is 0 Å². The molecule has 0 saturated carbocycles. The summed E-state index contributed by atoms with van der Waals surface area (Å²) in [5, 5.41) is 0. The fourth-order valence-corrected chi connectivity index (χ4v) is 1.28. The van der Waals surface area contributed by atoms with Crippen molar-refractivity contribution in [2.75, 3.05) is 0 Å². The summed E-state index contributed by atoms with van der Waals surface area (Å²) in [6, 6.07) is 7.84. The number of benzene rings is 1. The zero-order valence-electron chi connectivity index (χ0n) is 7.33. The van der Waals surface area contributed by atoms with Crippen LogP contribution in [0.4, 0.5) is 4.39 Å². The third-order valence-electron chi connectivity index (χ3n) is 1.92. The molecule has 2 aromatic rings. The van der Waals surface area contributed by atoms with Gasteiger partial charge in [0, 0.05) is 11.1 Å². The number of hydrogen-bond donors (Lipinski definition) is 0. The SMILES string of the molecule is C#Cc1cc(F)ccc1-c1ccco1. The number of rotatable bonds is 1. The van der Waals surface area contributed by atoms with Gasteiger partial charge in [0.1, 0.15) is 11.6 Å². The topological polar surface area (TPSA) is 13.1 Å². The molecule has 0 atom stereocenters. The molecule has 0 bridgehead atoms. The minimum Gasteiger partial charge on any atom is -0.464 e. The molecule has 0 N–H and O–H groups in total. The van der Waals surface area contributed by atoms with Crippen LogP contribution in [0.15, 0.2) is 41.0 Å². The molecule has 0 saturated heterocycles. The standard InChI is InChI=1S/C12H7FO/c1-2-9-8-10(13)5-6-11(9)12-4-3-7-14-12/h1,3-8H. The third kappa shape index (κ3) is 1.40. The van der Waals surface area contributed by atoms with Crippen molar-refractivity contribution in [2.45, 2.75) is 0 Å². The first-order valence-corrected chi connectivity index (χ1v) is 4.11. The van der Waals surface area contributed by atoms with E-state index in [-0.39, 0.29) is 5.82 Å². The van der Waals surface area contributed by atoms with Crippen LogP contribution in [0.3, 0.4) is 0 Å². The van der Waals surface area contributed by atoms with Crippen LogP contribution in [-0.4, -0.2) is 0 Å². The lowest BCUT2D eigenvalue weighted by Crippen LogP contribution is -1.84. The van der Waals surface area contributed by atoms with Gasteiger partial charge in [-0.2, -0.15) is 0 Å². The van der Waals surface area contributed by atoms with Crippen LogP contribution in [-0.2, 0) is 0 Å².